The molecule has 1 aromatic carbocycles. The predicted octanol–water partition coefficient (Wildman–Crippen LogP) is 4.46. The number of rotatable bonds is 3. The van der Waals surface area contributed by atoms with Crippen LogP contribution in [0.15, 0.2) is 30.3 Å². The summed E-state index contributed by atoms with van der Waals surface area (Å²) in [7, 11) is 0. The zero-order chi connectivity index (χ0) is 15.4. The summed E-state index contributed by atoms with van der Waals surface area (Å²) < 4.78 is 3.05. The van der Waals surface area contributed by atoms with Gasteiger partial charge in [0.15, 0.2) is 4.77 Å². The molecule has 0 aliphatic heterocycles. The highest BCUT2D eigenvalue weighted by Gasteiger charge is 2.53. The van der Waals surface area contributed by atoms with Gasteiger partial charge in [0.05, 0.1) is 6.54 Å². The Labute approximate surface area is 142 Å². The Morgan fingerprint density at radius 3 is 2.26 bits per heavy atom. The van der Waals surface area contributed by atoms with Crippen molar-refractivity contribution in [2.45, 2.75) is 50.5 Å². The SMILES string of the molecule is S=c1[nH]nc(C23CC4CC(CC(C4)C2)C3)n1Cc1ccccc1. The summed E-state index contributed by atoms with van der Waals surface area (Å²) in [6.45, 7) is 0.841. The average Bonchev–Trinajstić information content (AvgIpc) is 2.89. The maximum atomic E-state index is 5.57. The monoisotopic (exact) mass is 325 g/mol. The number of aromatic nitrogens is 3. The number of hydrogen-bond donors (Lipinski definition) is 1. The summed E-state index contributed by atoms with van der Waals surface area (Å²) in [5, 5.41) is 7.85. The first-order valence-electron chi connectivity index (χ1n) is 8.91. The minimum atomic E-state index is 0.289. The van der Waals surface area contributed by atoms with Crippen LogP contribution in [0.25, 0.3) is 0 Å². The Balaban J connectivity index is 1.55. The zero-order valence-corrected chi connectivity index (χ0v) is 14.2. The third kappa shape index (κ3) is 2.22. The number of benzene rings is 1. The van der Waals surface area contributed by atoms with Crippen molar-refractivity contribution >= 4 is 12.2 Å². The molecule has 4 fully saturated rings. The van der Waals surface area contributed by atoms with Crippen LogP contribution in [0.4, 0.5) is 0 Å². The van der Waals surface area contributed by atoms with Crippen molar-refractivity contribution in [1.29, 1.82) is 0 Å². The number of H-pyrrole nitrogens is 1. The molecule has 4 heteroatoms. The molecule has 4 bridgehead atoms. The van der Waals surface area contributed by atoms with Crippen LogP contribution >= 0.6 is 12.2 Å². The van der Waals surface area contributed by atoms with Crippen LogP contribution in [0, 0.1) is 22.5 Å². The highest BCUT2D eigenvalue weighted by atomic mass is 32.1. The predicted molar refractivity (Wildman–Crippen MR) is 92.8 cm³/mol. The summed E-state index contributed by atoms with van der Waals surface area (Å²) in [6.07, 6.45) is 8.36. The minimum Gasteiger partial charge on any atom is -0.299 e. The van der Waals surface area contributed by atoms with E-state index in [1.54, 1.807) is 0 Å². The molecular weight excluding hydrogens is 302 g/mol. The maximum absolute atomic E-state index is 5.57. The van der Waals surface area contributed by atoms with Gasteiger partial charge in [0, 0.05) is 5.41 Å². The van der Waals surface area contributed by atoms with E-state index in [-0.39, 0.29) is 5.41 Å². The highest BCUT2D eigenvalue weighted by molar-refractivity contribution is 7.71. The molecule has 0 saturated heterocycles. The fourth-order valence-corrected chi connectivity index (χ4v) is 6.22. The van der Waals surface area contributed by atoms with Crippen molar-refractivity contribution in [1.82, 2.24) is 14.8 Å². The van der Waals surface area contributed by atoms with Gasteiger partial charge in [-0.25, -0.2) is 0 Å². The molecule has 0 atom stereocenters. The lowest BCUT2D eigenvalue weighted by molar-refractivity contribution is -0.0110. The Bertz CT molecular complexity index is 738. The van der Waals surface area contributed by atoms with E-state index in [1.807, 2.05) is 0 Å². The van der Waals surface area contributed by atoms with Crippen LogP contribution in [0.1, 0.15) is 49.9 Å². The Kier molecular flexibility index (Phi) is 3.06. The molecule has 1 aromatic heterocycles. The second-order valence-electron chi connectivity index (χ2n) is 8.12. The minimum absolute atomic E-state index is 0.289. The molecule has 23 heavy (non-hydrogen) atoms. The normalized spacial score (nSPS) is 34.9. The van der Waals surface area contributed by atoms with E-state index in [1.165, 1.54) is 49.9 Å². The Morgan fingerprint density at radius 2 is 1.65 bits per heavy atom. The van der Waals surface area contributed by atoms with Crippen molar-refractivity contribution < 1.29 is 0 Å². The van der Waals surface area contributed by atoms with Crippen LogP contribution in [0.3, 0.4) is 0 Å². The van der Waals surface area contributed by atoms with Crippen LogP contribution in [0.5, 0.6) is 0 Å². The molecule has 0 spiro atoms. The highest BCUT2D eigenvalue weighted by Crippen LogP contribution is 2.60. The molecule has 4 aliphatic carbocycles. The number of aromatic amines is 1. The summed E-state index contributed by atoms with van der Waals surface area (Å²) in [5.74, 6) is 4.02. The van der Waals surface area contributed by atoms with E-state index < -0.39 is 0 Å². The van der Waals surface area contributed by atoms with E-state index in [0.717, 1.165) is 29.1 Å². The van der Waals surface area contributed by atoms with Gasteiger partial charge < -0.3 is 0 Å². The molecule has 0 radical (unpaired) electrons. The van der Waals surface area contributed by atoms with Gasteiger partial charge >= 0.3 is 0 Å². The lowest BCUT2D eigenvalue weighted by Crippen LogP contribution is -2.49. The van der Waals surface area contributed by atoms with E-state index in [2.05, 4.69) is 40.0 Å². The summed E-state index contributed by atoms with van der Waals surface area (Å²) in [4.78, 5) is 0. The summed E-state index contributed by atoms with van der Waals surface area (Å²) in [5.41, 5.74) is 1.59. The van der Waals surface area contributed by atoms with Gasteiger partial charge in [-0.1, -0.05) is 30.3 Å². The van der Waals surface area contributed by atoms with Crippen LogP contribution in [0.2, 0.25) is 0 Å². The lowest BCUT2D eigenvalue weighted by atomic mass is 9.49. The second kappa shape index (κ2) is 5.04. The number of nitrogens with zero attached hydrogens (tertiary/aromatic N) is 2. The molecule has 4 saturated carbocycles. The average molecular weight is 325 g/mol. The van der Waals surface area contributed by atoms with Gasteiger partial charge in [0.2, 0.25) is 0 Å². The lowest BCUT2D eigenvalue weighted by Gasteiger charge is -2.56. The second-order valence-corrected chi connectivity index (χ2v) is 8.51. The van der Waals surface area contributed by atoms with Gasteiger partial charge in [0.25, 0.3) is 0 Å². The van der Waals surface area contributed by atoms with Gasteiger partial charge in [-0.2, -0.15) is 5.10 Å². The van der Waals surface area contributed by atoms with E-state index in [4.69, 9.17) is 17.3 Å². The molecule has 1 N–H and O–H groups in total. The molecule has 2 aromatic rings. The molecule has 3 nitrogen and oxygen atoms in total. The fourth-order valence-electron chi connectivity index (χ4n) is 6.02. The van der Waals surface area contributed by atoms with Crippen molar-refractivity contribution in [3.63, 3.8) is 0 Å². The van der Waals surface area contributed by atoms with E-state index >= 15 is 0 Å². The first kappa shape index (κ1) is 14.0. The van der Waals surface area contributed by atoms with E-state index in [0.29, 0.717) is 0 Å². The first-order valence-corrected chi connectivity index (χ1v) is 9.32. The Morgan fingerprint density at radius 1 is 1.04 bits per heavy atom. The zero-order valence-electron chi connectivity index (χ0n) is 13.4. The van der Waals surface area contributed by atoms with Gasteiger partial charge in [-0.05, 0) is 74.1 Å². The molecule has 0 amide bonds. The van der Waals surface area contributed by atoms with Crippen LogP contribution in [-0.4, -0.2) is 14.8 Å². The third-order valence-electron chi connectivity index (χ3n) is 6.45. The largest absolute Gasteiger partial charge is 0.299 e. The van der Waals surface area contributed by atoms with Crippen molar-refractivity contribution in [3.8, 4) is 0 Å². The van der Waals surface area contributed by atoms with Crippen LogP contribution in [-0.2, 0) is 12.0 Å². The first-order chi connectivity index (χ1) is 11.2. The van der Waals surface area contributed by atoms with Crippen LogP contribution < -0.4 is 0 Å². The van der Waals surface area contributed by atoms with Crippen molar-refractivity contribution in [2.24, 2.45) is 17.8 Å². The summed E-state index contributed by atoms with van der Waals surface area (Å²) >= 11 is 5.57. The maximum Gasteiger partial charge on any atom is 0.195 e. The number of nitrogens with one attached hydrogen (secondary N) is 1. The van der Waals surface area contributed by atoms with Gasteiger partial charge in [-0.15, -0.1) is 0 Å². The Hall–Kier alpha value is -1.42. The van der Waals surface area contributed by atoms with Crippen molar-refractivity contribution in [3.05, 3.63) is 46.5 Å². The quantitative estimate of drug-likeness (QED) is 0.846. The number of hydrogen-bond acceptors (Lipinski definition) is 2. The summed E-state index contributed by atoms with van der Waals surface area (Å²) in [6, 6.07) is 10.6. The van der Waals surface area contributed by atoms with Gasteiger partial charge in [-0.3, -0.25) is 9.67 Å². The molecular formula is C19H23N3S. The fraction of sp³-hybridized carbons (Fsp3) is 0.579. The molecule has 1 heterocycles. The topological polar surface area (TPSA) is 33.6 Å². The molecule has 4 aliphatic rings. The molecule has 0 unspecified atom stereocenters. The smallest absolute Gasteiger partial charge is 0.195 e. The standard InChI is InChI=1S/C19H23N3S/c23-18-21-20-17(22(18)12-13-4-2-1-3-5-13)19-9-14-6-15(10-19)8-16(7-14)11-19/h1-5,14-16H,6-12H2,(H,21,23). The third-order valence-corrected chi connectivity index (χ3v) is 6.77. The molecule has 120 valence electrons. The van der Waals surface area contributed by atoms with Gasteiger partial charge in [0.1, 0.15) is 5.82 Å². The molecule has 6 rings (SSSR count). The van der Waals surface area contributed by atoms with Crippen molar-refractivity contribution in [2.75, 3.05) is 0 Å². The van der Waals surface area contributed by atoms with E-state index in [9.17, 15) is 0 Å².